The van der Waals surface area contributed by atoms with Crippen molar-refractivity contribution in [3.8, 4) is 0 Å². The minimum absolute atomic E-state index is 0.382. The summed E-state index contributed by atoms with van der Waals surface area (Å²) in [4.78, 5) is 0. The molecule has 0 aliphatic heterocycles. The second-order valence-electron chi connectivity index (χ2n) is 5.64. The summed E-state index contributed by atoms with van der Waals surface area (Å²) in [6.45, 7) is 0.835. The van der Waals surface area contributed by atoms with Crippen LogP contribution in [-0.4, -0.2) is 6.54 Å². The van der Waals surface area contributed by atoms with Gasteiger partial charge in [-0.25, -0.2) is 0 Å². The zero-order chi connectivity index (χ0) is 11.9. The van der Waals surface area contributed by atoms with E-state index in [0.29, 0.717) is 11.3 Å². The van der Waals surface area contributed by atoms with Crippen LogP contribution in [0.25, 0.3) is 0 Å². The van der Waals surface area contributed by atoms with Gasteiger partial charge in [-0.05, 0) is 66.8 Å². The Hall–Kier alpha value is -0.530. The first-order valence-electron chi connectivity index (χ1n) is 6.75. The van der Waals surface area contributed by atoms with Crippen LogP contribution in [0.5, 0.6) is 0 Å². The molecule has 1 saturated carbocycles. The lowest BCUT2D eigenvalue weighted by atomic mass is 9.62. The summed E-state index contributed by atoms with van der Waals surface area (Å²) in [6.07, 6.45) is 7.76. The molecule has 0 heterocycles. The molecule has 0 bridgehead atoms. The Morgan fingerprint density at radius 2 is 2.06 bits per heavy atom. The van der Waals surface area contributed by atoms with Crippen LogP contribution < -0.4 is 5.73 Å². The van der Waals surface area contributed by atoms with Gasteiger partial charge in [0.15, 0.2) is 0 Å². The van der Waals surface area contributed by atoms with Gasteiger partial charge in [0, 0.05) is 5.02 Å². The molecule has 0 saturated heterocycles. The van der Waals surface area contributed by atoms with E-state index >= 15 is 0 Å². The van der Waals surface area contributed by atoms with Crippen molar-refractivity contribution in [1.82, 2.24) is 0 Å². The molecule has 2 aliphatic rings. The van der Waals surface area contributed by atoms with E-state index in [1.807, 2.05) is 0 Å². The van der Waals surface area contributed by atoms with Gasteiger partial charge in [0.1, 0.15) is 0 Å². The highest BCUT2D eigenvalue weighted by Gasteiger charge is 2.45. The molecule has 1 aromatic carbocycles. The fraction of sp³-hybridized carbons (Fsp3) is 0.600. The van der Waals surface area contributed by atoms with E-state index in [-0.39, 0.29) is 0 Å². The summed E-state index contributed by atoms with van der Waals surface area (Å²) in [6, 6.07) is 6.49. The van der Waals surface area contributed by atoms with Crippen molar-refractivity contribution in [2.45, 2.75) is 43.9 Å². The average molecular weight is 250 g/mol. The van der Waals surface area contributed by atoms with Crippen molar-refractivity contribution in [3.63, 3.8) is 0 Å². The average Bonchev–Trinajstić information content (AvgIpc) is 2.79. The first-order valence-corrected chi connectivity index (χ1v) is 7.13. The third kappa shape index (κ3) is 1.71. The van der Waals surface area contributed by atoms with E-state index in [1.165, 1.54) is 37.7 Å². The van der Waals surface area contributed by atoms with E-state index in [1.54, 1.807) is 5.56 Å². The van der Waals surface area contributed by atoms with Gasteiger partial charge in [-0.1, -0.05) is 30.5 Å². The van der Waals surface area contributed by atoms with Gasteiger partial charge in [-0.3, -0.25) is 0 Å². The lowest BCUT2D eigenvalue weighted by molar-refractivity contribution is 0.244. The Labute approximate surface area is 108 Å². The normalized spacial score (nSPS) is 26.1. The summed E-state index contributed by atoms with van der Waals surface area (Å²) in [5.74, 6) is 0.679. The number of hydrogen-bond donors (Lipinski definition) is 1. The maximum absolute atomic E-state index is 6.12. The molecule has 0 radical (unpaired) electrons. The monoisotopic (exact) mass is 249 g/mol. The number of hydrogen-bond acceptors (Lipinski definition) is 1. The summed E-state index contributed by atoms with van der Waals surface area (Å²) in [5, 5.41) is 0.878. The lowest BCUT2D eigenvalue weighted by Crippen LogP contribution is -2.41. The number of fused-ring (bicyclic) bond motifs is 2. The van der Waals surface area contributed by atoms with Crippen LogP contribution in [-0.2, 0) is 11.8 Å². The van der Waals surface area contributed by atoms with Crippen molar-refractivity contribution < 1.29 is 0 Å². The standard InChI is InChI=1S/C15H20ClN/c16-13-5-6-14-11(9-13)3-4-12(10-17)15(14)7-1-2-8-15/h5-6,9,12H,1-4,7-8,10,17H2. The van der Waals surface area contributed by atoms with Crippen LogP contribution in [0.2, 0.25) is 5.02 Å². The topological polar surface area (TPSA) is 26.0 Å². The molecule has 1 unspecified atom stereocenters. The number of nitrogens with two attached hydrogens (primary N) is 1. The zero-order valence-corrected chi connectivity index (χ0v) is 11.0. The Morgan fingerprint density at radius 3 is 2.76 bits per heavy atom. The molecule has 1 atom stereocenters. The molecular formula is C15H20ClN. The van der Waals surface area contributed by atoms with Crippen LogP contribution in [0.3, 0.4) is 0 Å². The molecule has 2 heteroatoms. The quantitative estimate of drug-likeness (QED) is 0.808. The second kappa shape index (κ2) is 4.29. The molecular weight excluding hydrogens is 230 g/mol. The number of rotatable bonds is 1. The Balaban J connectivity index is 2.10. The van der Waals surface area contributed by atoms with Gasteiger partial charge in [0.25, 0.3) is 0 Å². The van der Waals surface area contributed by atoms with Crippen molar-refractivity contribution in [2.75, 3.05) is 6.54 Å². The first-order chi connectivity index (χ1) is 8.26. The molecule has 92 valence electrons. The van der Waals surface area contributed by atoms with Crippen molar-refractivity contribution >= 4 is 11.6 Å². The van der Waals surface area contributed by atoms with E-state index in [4.69, 9.17) is 17.3 Å². The fourth-order valence-electron chi connectivity index (χ4n) is 4.11. The third-order valence-electron chi connectivity index (χ3n) is 4.93. The van der Waals surface area contributed by atoms with Crippen LogP contribution in [0.15, 0.2) is 18.2 Å². The number of benzene rings is 1. The van der Waals surface area contributed by atoms with Crippen LogP contribution in [0.1, 0.15) is 43.2 Å². The van der Waals surface area contributed by atoms with Crippen molar-refractivity contribution in [2.24, 2.45) is 11.7 Å². The smallest absolute Gasteiger partial charge is 0.0408 e. The molecule has 2 aliphatic carbocycles. The van der Waals surface area contributed by atoms with Crippen molar-refractivity contribution in [3.05, 3.63) is 34.3 Å². The Bertz CT molecular complexity index is 421. The third-order valence-corrected chi connectivity index (χ3v) is 5.16. The second-order valence-corrected chi connectivity index (χ2v) is 6.07. The van der Waals surface area contributed by atoms with Gasteiger partial charge in [0.2, 0.25) is 0 Å². The van der Waals surface area contributed by atoms with Gasteiger partial charge >= 0.3 is 0 Å². The number of halogens is 1. The molecule has 1 spiro atoms. The summed E-state index contributed by atoms with van der Waals surface area (Å²) in [7, 11) is 0. The van der Waals surface area contributed by atoms with E-state index in [9.17, 15) is 0 Å². The fourth-order valence-corrected chi connectivity index (χ4v) is 4.30. The van der Waals surface area contributed by atoms with Gasteiger partial charge in [0.05, 0.1) is 0 Å². The Morgan fingerprint density at radius 1 is 1.29 bits per heavy atom. The highest BCUT2D eigenvalue weighted by atomic mass is 35.5. The SMILES string of the molecule is NCC1CCc2cc(Cl)ccc2C12CCCC2. The highest BCUT2D eigenvalue weighted by Crippen LogP contribution is 2.51. The summed E-state index contributed by atoms with van der Waals surface area (Å²) in [5.41, 5.74) is 9.43. The molecule has 17 heavy (non-hydrogen) atoms. The van der Waals surface area contributed by atoms with E-state index in [0.717, 1.165) is 18.0 Å². The van der Waals surface area contributed by atoms with Crippen LogP contribution in [0, 0.1) is 5.92 Å². The predicted molar refractivity (Wildman–Crippen MR) is 72.5 cm³/mol. The molecule has 0 aromatic heterocycles. The minimum Gasteiger partial charge on any atom is -0.330 e. The maximum atomic E-state index is 6.12. The van der Waals surface area contributed by atoms with E-state index in [2.05, 4.69) is 18.2 Å². The Kier molecular flexibility index (Phi) is 2.92. The molecule has 0 amide bonds. The summed E-state index contributed by atoms with van der Waals surface area (Å²) >= 11 is 6.12. The molecule has 2 N–H and O–H groups in total. The number of aryl methyl sites for hydroxylation is 1. The van der Waals surface area contributed by atoms with E-state index < -0.39 is 0 Å². The lowest BCUT2D eigenvalue weighted by Gasteiger charge is -2.43. The largest absolute Gasteiger partial charge is 0.330 e. The minimum atomic E-state index is 0.382. The summed E-state index contributed by atoms with van der Waals surface area (Å²) < 4.78 is 0. The first kappa shape index (κ1) is 11.6. The molecule has 3 rings (SSSR count). The highest BCUT2D eigenvalue weighted by molar-refractivity contribution is 6.30. The van der Waals surface area contributed by atoms with Crippen LogP contribution >= 0.6 is 11.6 Å². The molecule has 1 fully saturated rings. The van der Waals surface area contributed by atoms with Gasteiger partial charge < -0.3 is 5.73 Å². The predicted octanol–water partition coefficient (Wildman–Crippen LogP) is 3.67. The van der Waals surface area contributed by atoms with Crippen molar-refractivity contribution in [1.29, 1.82) is 0 Å². The molecule has 1 aromatic rings. The maximum Gasteiger partial charge on any atom is 0.0408 e. The van der Waals surface area contributed by atoms with Gasteiger partial charge in [-0.15, -0.1) is 0 Å². The van der Waals surface area contributed by atoms with Gasteiger partial charge in [-0.2, -0.15) is 0 Å². The van der Waals surface area contributed by atoms with Crippen LogP contribution in [0.4, 0.5) is 0 Å². The zero-order valence-electron chi connectivity index (χ0n) is 10.2. The molecule has 1 nitrogen and oxygen atoms in total.